The van der Waals surface area contributed by atoms with Gasteiger partial charge in [0.25, 0.3) is 0 Å². The molecule has 0 aliphatic rings. The summed E-state index contributed by atoms with van der Waals surface area (Å²) in [6.07, 6.45) is 5.47. The second-order valence-electron chi connectivity index (χ2n) is 5.11. The molecule has 2 nitrogen and oxygen atoms in total. The Bertz CT molecular complexity index is 849. The number of halogens is 2. The first kappa shape index (κ1) is 17.0. The van der Waals surface area contributed by atoms with Crippen molar-refractivity contribution in [2.45, 2.75) is 0 Å². The zero-order valence-electron chi connectivity index (χ0n) is 12.8. The van der Waals surface area contributed by atoms with Crippen LogP contribution in [0.15, 0.2) is 65.7 Å². The minimum Gasteiger partial charge on any atom is -0.343 e. The standard InChI is InChI=1S/C19H17FN2.ClH/c1-22-17(13-16-8-3-5-11-19(16)22)14-21-12-6-9-15-7-2-4-10-18(15)20;/h2-11,13-14H,12H2,1H3;1H/b9-6+,21-14?;. The fourth-order valence-corrected chi connectivity index (χ4v) is 2.43. The van der Waals surface area contributed by atoms with Gasteiger partial charge in [-0.25, -0.2) is 4.39 Å². The number of aromatic nitrogens is 1. The van der Waals surface area contributed by atoms with Crippen LogP contribution >= 0.6 is 12.4 Å². The molecule has 0 fully saturated rings. The van der Waals surface area contributed by atoms with Crippen LogP contribution in [0.4, 0.5) is 4.39 Å². The summed E-state index contributed by atoms with van der Waals surface area (Å²) in [5.41, 5.74) is 2.83. The molecule has 3 aromatic rings. The van der Waals surface area contributed by atoms with Crippen molar-refractivity contribution in [3.63, 3.8) is 0 Å². The summed E-state index contributed by atoms with van der Waals surface area (Å²) >= 11 is 0. The lowest BCUT2D eigenvalue weighted by atomic mass is 10.2. The van der Waals surface area contributed by atoms with Crippen LogP contribution in [-0.2, 0) is 7.05 Å². The first-order chi connectivity index (χ1) is 10.8. The molecule has 0 saturated carbocycles. The van der Waals surface area contributed by atoms with Gasteiger partial charge < -0.3 is 4.57 Å². The van der Waals surface area contributed by atoms with Gasteiger partial charge in [-0.3, -0.25) is 4.99 Å². The Morgan fingerprint density at radius 3 is 2.61 bits per heavy atom. The molecule has 23 heavy (non-hydrogen) atoms. The summed E-state index contributed by atoms with van der Waals surface area (Å²) in [7, 11) is 2.03. The smallest absolute Gasteiger partial charge is 0.130 e. The third-order valence-corrected chi connectivity index (χ3v) is 3.63. The summed E-state index contributed by atoms with van der Waals surface area (Å²) in [5.74, 6) is -0.212. The van der Waals surface area contributed by atoms with E-state index in [1.807, 2.05) is 37.5 Å². The third-order valence-electron chi connectivity index (χ3n) is 3.63. The monoisotopic (exact) mass is 328 g/mol. The number of nitrogens with zero attached hydrogens (tertiary/aromatic N) is 2. The second kappa shape index (κ2) is 7.75. The molecule has 118 valence electrons. The van der Waals surface area contributed by atoms with Gasteiger partial charge in [0.2, 0.25) is 0 Å². The number of fused-ring (bicyclic) bond motifs is 1. The SMILES string of the molecule is Cl.Cn1c(C=NC/C=C/c2ccccc2F)cc2ccccc21. The van der Waals surface area contributed by atoms with E-state index in [2.05, 4.69) is 27.8 Å². The van der Waals surface area contributed by atoms with Crippen LogP contribution in [0.1, 0.15) is 11.3 Å². The van der Waals surface area contributed by atoms with E-state index in [0.29, 0.717) is 12.1 Å². The van der Waals surface area contributed by atoms with E-state index in [0.717, 1.165) is 5.69 Å². The number of rotatable bonds is 4. The molecular weight excluding hydrogens is 311 g/mol. The van der Waals surface area contributed by atoms with Crippen molar-refractivity contribution in [2.24, 2.45) is 12.0 Å². The van der Waals surface area contributed by atoms with E-state index in [1.165, 1.54) is 17.0 Å². The minimum absolute atomic E-state index is 0. The summed E-state index contributed by atoms with van der Waals surface area (Å²) in [6, 6.07) is 17.1. The number of benzene rings is 2. The number of hydrogen-bond donors (Lipinski definition) is 0. The largest absolute Gasteiger partial charge is 0.343 e. The van der Waals surface area contributed by atoms with Gasteiger partial charge in [0.15, 0.2) is 0 Å². The van der Waals surface area contributed by atoms with Crippen molar-refractivity contribution in [3.8, 4) is 0 Å². The molecule has 0 saturated heterocycles. The molecule has 3 rings (SSSR count). The Morgan fingerprint density at radius 2 is 1.83 bits per heavy atom. The van der Waals surface area contributed by atoms with Crippen LogP contribution in [0.5, 0.6) is 0 Å². The molecule has 1 aromatic heterocycles. The predicted octanol–water partition coefficient (Wildman–Crippen LogP) is 4.87. The van der Waals surface area contributed by atoms with Gasteiger partial charge in [-0.15, -0.1) is 12.4 Å². The van der Waals surface area contributed by atoms with E-state index < -0.39 is 0 Å². The number of aryl methyl sites for hydroxylation is 1. The van der Waals surface area contributed by atoms with Crippen LogP contribution in [0, 0.1) is 5.82 Å². The minimum atomic E-state index is -0.212. The Morgan fingerprint density at radius 1 is 1.09 bits per heavy atom. The molecule has 0 amide bonds. The molecule has 0 aliphatic heterocycles. The molecular formula is C19H18ClFN2. The van der Waals surface area contributed by atoms with E-state index in [-0.39, 0.29) is 18.2 Å². The van der Waals surface area contributed by atoms with Gasteiger partial charge >= 0.3 is 0 Å². The summed E-state index contributed by atoms with van der Waals surface area (Å²) in [5, 5.41) is 1.20. The van der Waals surface area contributed by atoms with Crippen molar-refractivity contribution in [1.29, 1.82) is 0 Å². The molecule has 4 heteroatoms. The average Bonchev–Trinajstić information content (AvgIpc) is 2.86. The van der Waals surface area contributed by atoms with Gasteiger partial charge in [-0.2, -0.15) is 0 Å². The van der Waals surface area contributed by atoms with Crippen molar-refractivity contribution < 1.29 is 4.39 Å². The maximum atomic E-state index is 13.4. The third kappa shape index (κ3) is 3.88. The molecule has 0 unspecified atom stereocenters. The highest BCUT2D eigenvalue weighted by atomic mass is 35.5. The normalized spacial score (nSPS) is 11.4. The fraction of sp³-hybridized carbons (Fsp3) is 0.105. The van der Waals surface area contributed by atoms with E-state index in [4.69, 9.17) is 0 Å². The number of para-hydroxylation sites is 1. The zero-order chi connectivity index (χ0) is 15.4. The first-order valence-corrected chi connectivity index (χ1v) is 7.21. The van der Waals surface area contributed by atoms with Crippen LogP contribution < -0.4 is 0 Å². The van der Waals surface area contributed by atoms with Gasteiger partial charge in [0, 0.05) is 29.7 Å². The van der Waals surface area contributed by atoms with E-state index in [9.17, 15) is 4.39 Å². The number of aliphatic imine (C=N–C) groups is 1. The molecule has 0 atom stereocenters. The van der Waals surface area contributed by atoms with Crippen molar-refractivity contribution in [3.05, 3.63) is 77.7 Å². The molecule has 0 aliphatic carbocycles. The van der Waals surface area contributed by atoms with Gasteiger partial charge in [-0.05, 0) is 18.2 Å². The maximum Gasteiger partial charge on any atom is 0.130 e. The van der Waals surface area contributed by atoms with Crippen molar-refractivity contribution in [1.82, 2.24) is 4.57 Å². The quantitative estimate of drug-likeness (QED) is 0.608. The molecule has 0 radical (unpaired) electrons. The highest BCUT2D eigenvalue weighted by Gasteiger charge is 2.01. The van der Waals surface area contributed by atoms with Crippen molar-refractivity contribution in [2.75, 3.05) is 6.54 Å². The first-order valence-electron chi connectivity index (χ1n) is 7.21. The number of hydrogen-bond acceptors (Lipinski definition) is 1. The molecule has 0 N–H and O–H groups in total. The van der Waals surface area contributed by atoms with Crippen molar-refractivity contribution >= 4 is 35.6 Å². The lowest BCUT2D eigenvalue weighted by molar-refractivity contribution is 0.625. The summed E-state index contributed by atoms with van der Waals surface area (Å²) in [4.78, 5) is 4.39. The maximum absolute atomic E-state index is 13.4. The van der Waals surface area contributed by atoms with Crippen LogP contribution in [-0.4, -0.2) is 17.3 Å². The Kier molecular flexibility index (Phi) is 5.72. The fourth-order valence-electron chi connectivity index (χ4n) is 2.43. The molecule has 2 aromatic carbocycles. The zero-order valence-corrected chi connectivity index (χ0v) is 13.6. The Balaban J connectivity index is 0.00000192. The lowest BCUT2D eigenvalue weighted by Crippen LogP contribution is -1.94. The highest BCUT2D eigenvalue weighted by molar-refractivity contribution is 5.90. The van der Waals surface area contributed by atoms with Crippen LogP contribution in [0.2, 0.25) is 0 Å². The highest BCUT2D eigenvalue weighted by Crippen LogP contribution is 2.16. The molecule has 1 heterocycles. The van der Waals surface area contributed by atoms with Crippen LogP contribution in [0.3, 0.4) is 0 Å². The molecule has 0 spiro atoms. The van der Waals surface area contributed by atoms with Gasteiger partial charge in [0.1, 0.15) is 5.82 Å². The lowest BCUT2D eigenvalue weighted by Gasteiger charge is -1.98. The van der Waals surface area contributed by atoms with E-state index >= 15 is 0 Å². The van der Waals surface area contributed by atoms with E-state index in [1.54, 1.807) is 18.2 Å². The molecule has 0 bridgehead atoms. The topological polar surface area (TPSA) is 17.3 Å². The average molecular weight is 329 g/mol. The Hall–Kier alpha value is -2.39. The summed E-state index contributed by atoms with van der Waals surface area (Å²) in [6.45, 7) is 0.524. The van der Waals surface area contributed by atoms with Gasteiger partial charge in [0.05, 0.1) is 12.2 Å². The van der Waals surface area contributed by atoms with Crippen LogP contribution in [0.25, 0.3) is 17.0 Å². The summed E-state index contributed by atoms with van der Waals surface area (Å²) < 4.78 is 15.6. The second-order valence-corrected chi connectivity index (χ2v) is 5.11. The van der Waals surface area contributed by atoms with Gasteiger partial charge in [-0.1, -0.05) is 48.6 Å². The Labute approximate surface area is 141 Å². The predicted molar refractivity (Wildman–Crippen MR) is 98.1 cm³/mol.